The van der Waals surface area contributed by atoms with Gasteiger partial charge in [0.2, 0.25) is 0 Å². The lowest BCUT2D eigenvalue weighted by Gasteiger charge is -2.31. The Labute approximate surface area is 203 Å². The van der Waals surface area contributed by atoms with Gasteiger partial charge < -0.3 is 10.6 Å². The van der Waals surface area contributed by atoms with Crippen LogP contribution in [0.4, 0.5) is 10.1 Å². The number of anilines is 1. The lowest BCUT2D eigenvalue weighted by atomic mass is 10.1. The van der Waals surface area contributed by atoms with E-state index >= 15 is 0 Å². The first kappa shape index (κ1) is 22.9. The quantitative estimate of drug-likeness (QED) is 0.488. The summed E-state index contributed by atoms with van der Waals surface area (Å²) >= 11 is 1.80. The van der Waals surface area contributed by atoms with Crippen LogP contribution in [0.2, 0.25) is 0 Å². The molecule has 5 rings (SSSR count). The number of hydrogen-bond acceptors (Lipinski definition) is 6. The van der Waals surface area contributed by atoms with Crippen LogP contribution in [0.3, 0.4) is 0 Å². The van der Waals surface area contributed by atoms with Crippen molar-refractivity contribution in [1.29, 1.82) is 0 Å². The second-order valence-corrected chi connectivity index (χ2v) is 9.91. The van der Waals surface area contributed by atoms with E-state index in [2.05, 4.69) is 37.3 Å². The molecule has 34 heavy (non-hydrogen) atoms. The largest absolute Gasteiger partial charge is 0.381 e. The molecular weight excluding hydrogens is 451 g/mol. The molecule has 1 saturated heterocycles. The molecule has 2 aromatic heterocycles. The molecule has 2 fully saturated rings. The average molecular weight is 481 g/mol. The number of rotatable bonds is 7. The van der Waals surface area contributed by atoms with Gasteiger partial charge in [0, 0.05) is 54.9 Å². The van der Waals surface area contributed by atoms with Crippen LogP contribution in [-0.4, -0.2) is 56.4 Å². The van der Waals surface area contributed by atoms with E-state index in [-0.39, 0.29) is 17.5 Å². The maximum Gasteiger partial charge on any atom is 0.254 e. The topological polar surface area (TPSA) is 75.1 Å². The monoisotopic (exact) mass is 480 g/mol. The van der Waals surface area contributed by atoms with Crippen molar-refractivity contribution in [1.82, 2.24) is 24.4 Å². The van der Waals surface area contributed by atoms with Crippen LogP contribution in [0, 0.1) is 12.7 Å². The number of carbonyl (C=O) groups is 1. The highest BCUT2D eigenvalue weighted by molar-refractivity contribution is 7.96. The molecule has 1 aliphatic heterocycles. The van der Waals surface area contributed by atoms with Gasteiger partial charge in [-0.2, -0.15) is 5.10 Å². The third-order valence-electron chi connectivity index (χ3n) is 6.43. The summed E-state index contributed by atoms with van der Waals surface area (Å²) in [5.74, 6) is -0.891. The molecule has 178 valence electrons. The fourth-order valence-electron chi connectivity index (χ4n) is 4.27. The average Bonchev–Trinajstić information content (AvgIpc) is 3.51. The molecule has 0 spiro atoms. The number of pyridine rings is 1. The molecule has 1 aliphatic carbocycles. The molecule has 2 aliphatic rings. The molecule has 0 radical (unpaired) electrons. The van der Waals surface area contributed by atoms with Gasteiger partial charge in [0.1, 0.15) is 5.82 Å². The first-order valence-corrected chi connectivity index (χ1v) is 12.9. The smallest absolute Gasteiger partial charge is 0.254 e. The highest BCUT2D eigenvalue weighted by Gasteiger charge is 2.26. The number of aryl methyl sites for hydroxylation is 1. The molecular formula is C25H29FN6OS. The predicted octanol–water partition coefficient (Wildman–Crippen LogP) is 4.43. The molecule has 9 heteroatoms. The minimum atomic E-state index is -0.516. The molecule has 3 aromatic rings. The Morgan fingerprint density at radius 1 is 1.06 bits per heavy atom. The highest BCUT2D eigenvalue weighted by Crippen LogP contribution is 2.27. The van der Waals surface area contributed by atoms with Crippen LogP contribution in [-0.2, 0) is 0 Å². The van der Waals surface area contributed by atoms with Crippen molar-refractivity contribution in [3.63, 3.8) is 0 Å². The number of nitrogens with one attached hydrogen (secondary N) is 2. The van der Waals surface area contributed by atoms with Crippen molar-refractivity contribution >= 4 is 23.5 Å². The highest BCUT2D eigenvalue weighted by atomic mass is 32.2. The second-order valence-electron chi connectivity index (χ2n) is 9.03. The van der Waals surface area contributed by atoms with Crippen LogP contribution >= 0.6 is 11.9 Å². The first-order chi connectivity index (χ1) is 16.5. The zero-order chi connectivity index (χ0) is 23.7. The van der Waals surface area contributed by atoms with Crippen molar-refractivity contribution in [2.24, 2.45) is 0 Å². The summed E-state index contributed by atoms with van der Waals surface area (Å²) in [4.78, 5) is 16.9. The standard InChI is InChI=1S/C25H29FN6OS/c1-16-9-23(26)22(25(33)30-19-3-4-19)11-24(16)32-15-18(13-28-32)17-10-21(14-27-12-17)29-20-5-7-31(34-2)8-6-20/h9-15,19-20,29H,3-8H2,1-2H3,(H,30,33). The van der Waals surface area contributed by atoms with E-state index < -0.39 is 5.82 Å². The van der Waals surface area contributed by atoms with Crippen LogP contribution in [0.15, 0.2) is 43.0 Å². The van der Waals surface area contributed by atoms with Gasteiger partial charge in [-0.1, -0.05) is 11.9 Å². The van der Waals surface area contributed by atoms with Gasteiger partial charge in [0.25, 0.3) is 5.91 Å². The van der Waals surface area contributed by atoms with Gasteiger partial charge in [-0.3, -0.25) is 14.1 Å². The van der Waals surface area contributed by atoms with E-state index in [1.165, 1.54) is 6.07 Å². The van der Waals surface area contributed by atoms with Crippen molar-refractivity contribution in [2.45, 2.75) is 44.7 Å². The van der Waals surface area contributed by atoms with Gasteiger partial charge >= 0.3 is 0 Å². The predicted molar refractivity (Wildman–Crippen MR) is 134 cm³/mol. The van der Waals surface area contributed by atoms with E-state index in [1.54, 1.807) is 28.9 Å². The van der Waals surface area contributed by atoms with Crippen LogP contribution in [0.5, 0.6) is 0 Å². The number of carbonyl (C=O) groups excluding carboxylic acids is 1. The Hall–Kier alpha value is -2.91. The van der Waals surface area contributed by atoms with Crippen molar-refractivity contribution < 1.29 is 9.18 Å². The maximum absolute atomic E-state index is 14.5. The minimum Gasteiger partial charge on any atom is -0.381 e. The molecule has 0 atom stereocenters. The van der Waals surface area contributed by atoms with Gasteiger partial charge in [-0.25, -0.2) is 9.07 Å². The van der Waals surface area contributed by atoms with E-state index in [0.717, 1.165) is 55.6 Å². The number of aromatic nitrogens is 3. The lowest BCUT2D eigenvalue weighted by Crippen LogP contribution is -2.35. The van der Waals surface area contributed by atoms with E-state index in [4.69, 9.17) is 0 Å². The Morgan fingerprint density at radius 2 is 1.85 bits per heavy atom. The number of nitrogens with zero attached hydrogens (tertiary/aromatic N) is 4. The molecule has 7 nitrogen and oxygen atoms in total. The van der Waals surface area contributed by atoms with Gasteiger partial charge in [0.15, 0.2) is 0 Å². The second kappa shape index (κ2) is 9.76. The summed E-state index contributed by atoms with van der Waals surface area (Å²) in [6.45, 7) is 3.98. The molecule has 1 aromatic carbocycles. The van der Waals surface area contributed by atoms with Gasteiger partial charge in [-0.05, 0) is 62.6 Å². The zero-order valence-electron chi connectivity index (χ0n) is 19.4. The normalized spacial score (nSPS) is 17.0. The van der Waals surface area contributed by atoms with Crippen LogP contribution in [0.25, 0.3) is 16.8 Å². The summed E-state index contributed by atoms with van der Waals surface area (Å²) in [5.41, 5.74) is 4.27. The van der Waals surface area contributed by atoms with Gasteiger partial charge in [-0.15, -0.1) is 0 Å². The van der Waals surface area contributed by atoms with Gasteiger partial charge in [0.05, 0.1) is 23.1 Å². The van der Waals surface area contributed by atoms with Crippen LogP contribution in [0.1, 0.15) is 41.6 Å². The SMILES string of the molecule is CSN1CCC(Nc2cncc(-c3cnn(-c4cc(C(=O)NC5CC5)c(F)cc4C)c3)c2)CC1. The fourth-order valence-corrected chi connectivity index (χ4v) is 4.85. The third kappa shape index (κ3) is 5.10. The number of hydrogen-bond donors (Lipinski definition) is 2. The molecule has 3 heterocycles. The third-order valence-corrected chi connectivity index (χ3v) is 7.31. The van der Waals surface area contributed by atoms with Crippen molar-refractivity contribution in [3.05, 3.63) is 59.9 Å². The van der Waals surface area contributed by atoms with E-state index in [9.17, 15) is 9.18 Å². The van der Waals surface area contributed by atoms with Crippen molar-refractivity contribution in [3.8, 4) is 16.8 Å². The molecule has 0 unspecified atom stereocenters. The number of benzene rings is 1. The van der Waals surface area contributed by atoms with Crippen molar-refractivity contribution in [2.75, 3.05) is 24.7 Å². The molecule has 0 bridgehead atoms. The van der Waals surface area contributed by atoms with Crippen LogP contribution < -0.4 is 10.6 Å². The Kier molecular flexibility index (Phi) is 6.56. The summed E-state index contributed by atoms with van der Waals surface area (Å²) in [6.07, 6.45) is 13.6. The molecule has 2 N–H and O–H groups in total. The first-order valence-electron chi connectivity index (χ1n) is 11.7. The Morgan fingerprint density at radius 3 is 2.59 bits per heavy atom. The maximum atomic E-state index is 14.5. The van der Waals surface area contributed by atoms with E-state index in [0.29, 0.717) is 17.3 Å². The fraction of sp³-hybridized carbons (Fsp3) is 0.400. The molecule has 1 amide bonds. The number of halogens is 1. The minimum absolute atomic E-state index is 0.0462. The summed E-state index contributed by atoms with van der Waals surface area (Å²) in [5, 5.41) is 11.0. The number of amides is 1. The van der Waals surface area contributed by atoms with E-state index in [1.807, 2.05) is 25.5 Å². The lowest BCUT2D eigenvalue weighted by molar-refractivity contribution is 0.0947. The molecule has 1 saturated carbocycles. The zero-order valence-corrected chi connectivity index (χ0v) is 20.2. The Balaban J connectivity index is 1.34. The summed E-state index contributed by atoms with van der Waals surface area (Å²) in [7, 11) is 0. The number of piperidine rings is 1. The Bertz CT molecular complexity index is 1190. The summed E-state index contributed by atoms with van der Waals surface area (Å²) < 4.78 is 18.6. The summed E-state index contributed by atoms with van der Waals surface area (Å²) in [6, 6.07) is 5.66.